The molecule has 6 nitrogen and oxygen atoms in total. The number of halogens is 3. The summed E-state index contributed by atoms with van der Waals surface area (Å²) in [6.45, 7) is 0. The van der Waals surface area contributed by atoms with Crippen LogP contribution in [0.4, 0.5) is 13.2 Å². The molecule has 0 aliphatic carbocycles. The van der Waals surface area contributed by atoms with Crippen LogP contribution in [0.3, 0.4) is 0 Å². The van der Waals surface area contributed by atoms with E-state index in [0.29, 0.717) is 16.3 Å². The van der Waals surface area contributed by atoms with Crippen molar-refractivity contribution < 1.29 is 18.0 Å². The highest BCUT2D eigenvalue weighted by atomic mass is 19.4. The molecule has 0 aliphatic heterocycles. The molecule has 0 bridgehead atoms. The normalized spacial score (nSPS) is 11.9. The summed E-state index contributed by atoms with van der Waals surface area (Å²) in [5, 5.41) is 8.41. The summed E-state index contributed by atoms with van der Waals surface area (Å²) in [6.07, 6.45) is -3.21. The standard InChI is InChI=1S/C18H13F3N4O2/c1-25-17(27)14-5-3-2-4-13(14)15(24-25)16(26)23-22-10-11-6-8-12(9-7-11)18(19,20)21/h2-10H,1H3,(H,23,26)/b22-10+. The Bertz CT molecular complexity index is 1090. The van der Waals surface area contributed by atoms with E-state index in [-0.39, 0.29) is 11.3 Å². The van der Waals surface area contributed by atoms with Gasteiger partial charge in [0.25, 0.3) is 11.5 Å². The van der Waals surface area contributed by atoms with E-state index in [0.717, 1.165) is 16.8 Å². The Morgan fingerprint density at radius 1 is 1.11 bits per heavy atom. The van der Waals surface area contributed by atoms with Gasteiger partial charge >= 0.3 is 6.18 Å². The van der Waals surface area contributed by atoms with Gasteiger partial charge in [-0.1, -0.05) is 30.3 Å². The van der Waals surface area contributed by atoms with Crippen molar-refractivity contribution in [3.05, 3.63) is 75.7 Å². The van der Waals surface area contributed by atoms with Crippen LogP contribution in [0.2, 0.25) is 0 Å². The number of benzene rings is 2. The topological polar surface area (TPSA) is 76.3 Å². The molecular weight excluding hydrogens is 361 g/mol. The van der Waals surface area contributed by atoms with E-state index in [1.807, 2.05) is 0 Å². The summed E-state index contributed by atoms with van der Waals surface area (Å²) < 4.78 is 38.6. The Balaban J connectivity index is 1.80. The second kappa shape index (κ2) is 7.02. The number of aromatic nitrogens is 2. The molecule has 1 amide bonds. The minimum absolute atomic E-state index is 0.0114. The molecule has 0 spiro atoms. The highest BCUT2D eigenvalue weighted by molar-refractivity contribution is 6.04. The maximum atomic E-state index is 12.5. The summed E-state index contributed by atoms with van der Waals surface area (Å²) in [6, 6.07) is 10.8. The lowest BCUT2D eigenvalue weighted by Gasteiger charge is -2.07. The minimum atomic E-state index is -4.42. The van der Waals surface area contributed by atoms with Gasteiger partial charge < -0.3 is 0 Å². The fourth-order valence-electron chi connectivity index (χ4n) is 2.44. The predicted octanol–water partition coefficient (Wildman–Crippen LogP) is 2.72. The summed E-state index contributed by atoms with van der Waals surface area (Å²) in [5.41, 5.74) is 1.54. The smallest absolute Gasteiger partial charge is 0.267 e. The molecule has 0 fully saturated rings. The summed E-state index contributed by atoms with van der Waals surface area (Å²) in [7, 11) is 1.43. The number of rotatable bonds is 3. The number of hydrogen-bond acceptors (Lipinski definition) is 4. The van der Waals surface area contributed by atoms with E-state index < -0.39 is 17.6 Å². The van der Waals surface area contributed by atoms with Gasteiger partial charge in [-0.05, 0) is 23.8 Å². The Morgan fingerprint density at radius 3 is 2.37 bits per heavy atom. The van der Waals surface area contributed by atoms with Gasteiger partial charge in [-0.3, -0.25) is 9.59 Å². The Kier molecular flexibility index (Phi) is 4.76. The number of fused-ring (bicyclic) bond motifs is 1. The molecule has 0 aliphatic rings. The van der Waals surface area contributed by atoms with Crippen LogP contribution in [-0.2, 0) is 13.2 Å². The van der Waals surface area contributed by atoms with Crippen molar-refractivity contribution >= 4 is 22.9 Å². The van der Waals surface area contributed by atoms with E-state index in [1.54, 1.807) is 24.3 Å². The Morgan fingerprint density at radius 2 is 1.74 bits per heavy atom. The molecule has 3 rings (SSSR count). The van der Waals surface area contributed by atoms with Crippen molar-refractivity contribution in [2.75, 3.05) is 0 Å². The maximum absolute atomic E-state index is 12.5. The van der Waals surface area contributed by atoms with Gasteiger partial charge in [0.15, 0.2) is 5.69 Å². The first-order valence-electron chi connectivity index (χ1n) is 7.74. The van der Waals surface area contributed by atoms with Gasteiger partial charge in [0, 0.05) is 12.4 Å². The first-order valence-corrected chi connectivity index (χ1v) is 7.74. The van der Waals surface area contributed by atoms with Crippen LogP contribution >= 0.6 is 0 Å². The molecule has 1 heterocycles. The third kappa shape index (κ3) is 3.86. The van der Waals surface area contributed by atoms with Gasteiger partial charge in [-0.15, -0.1) is 0 Å². The number of hydrazone groups is 1. The van der Waals surface area contributed by atoms with Crippen LogP contribution in [0, 0.1) is 0 Å². The average molecular weight is 374 g/mol. The number of nitrogens with zero attached hydrogens (tertiary/aromatic N) is 3. The third-order valence-corrected chi connectivity index (χ3v) is 3.79. The summed E-state index contributed by atoms with van der Waals surface area (Å²) >= 11 is 0. The number of nitrogens with one attached hydrogen (secondary N) is 1. The molecule has 0 saturated carbocycles. The first kappa shape index (κ1) is 18.3. The lowest BCUT2D eigenvalue weighted by Crippen LogP contribution is -2.27. The first-order chi connectivity index (χ1) is 12.8. The predicted molar refractivity (Wildman–Crippen MR) is 93.5 cm³/mol. The van der Waals surface area contributed by atoms with Crippen LogP contribution < -0.4 is 11.0 Å². The molecule has 1 N–H and O–H groups in total. The fraction of sp³-hybridized carbons (Fsp3) is 0.111. The van der Waals surface area contributed by atoms with Crippen LogP contribution in [-0.4, -0.2) is 21.9 Å². The summed E-state index contributed by atoms with van der Waals surface area (Å²) in [5.74, 6) is -0.648. The van der Waals surface area contributed by atoms with E-state index in [1.165, 1.54) is 25.4 Å². The van der Waals surface area contributed by atoms with Crippen LogP contribution in [0.1, 0.15) is 21.6 Å². The quantitative estimate of drug-likeness (QED) is 0.566. The van der Waals surface area contributed by atoms with Crippen molar-refractivity contribution in [3.8, 4) is 0 Å². The maximum Gasteiger partial charge on any atom is 0.416 e. The second-order valence-corrected chi connectivity index (χ2v) is 5.64. The van der Waals surface area contributed by atoms with Gasteiger partial charge in [-0.25, -0.2) is 10.1 Å². The van der Waals surface area contributed by atoms with Crippen molar-refractivity contribution in [2.24, 2.45) is 12.1 Å². The van der Waals surface area contributed by atoms with Crippen molar-refractivity contribution in [1.29, 1.82) is 0 Å². The second-order valence-electron chi connectivity index (χ2n) is 5.64. The Hall–Kier alpha value is -3.49. The molecule has 0 atom stereocenters. The zero-order chi connectivity index (χ0) is 19.6. The molecule has 3 aromatic rings. The molecule has 2 aromatic carbocycles. The summed E-state index contributed by atoms with van der Waals surface area (Å²) in [4.78, 5) is 24.4. The molecule has 9 heteroatoms. The molecule has 1 aromatic heterocycles. The van der Waals surface area contributed by atoms with Crippen molar-refractivity contribution in [3.63, 3.8) is 0 Å². The fourth-order valence-corrected chi connectivity index (χ4v) is 2.44. The number of alkyl halides is 3. The molecular formula is C18H13F3N4O2. The molecule has 0 saturated heterocycles. The number of aryl methyl sites for hydroxylation is 1. The van der Waals surface area contributed by atoms with Crippen LogP contribution in [0.15, 0.2) is 58.4 Å². The SMILES string of the molecule is Cn1nc(C(=O)N/N=C/c2ccc(C(F)(F)F)cc2)c2ccccc2c1=O. The number of hydrogen-bond donors (Lipinski definition) is 1. The van der Waals surface area contributed by atoms with E-state index in [4.69, 9.17) is 0 Å². The number of carbonyl (C=O) groups excluding carboxylic acids is 1. The van der Waals surface area contributed by atoms with Crippen molar-refractivity contribution in [1.82, 2.24) is 15.2 Å². The van der Waals surface area contributed by atoms with Gasteiger partial charge in [0.1, 0.15) is 0 Å². The van der Waals surface area contributed by atoms with E-state index in [2.05, 4.69) is 15.6 Å². The zero-order valence-corrected chi connectivity index (χ0v) is 14.0. The molecule has 138 valence electrons. The molecule has 27 heavy (non-hydrogen) atoms. The van der Waals surface area contributed by atoms with E-state index >= 15 is 0 Å². The molecule has 0 radical (unpaired) electrons. The van der Waals surface area contributed by atoms with Gasteiger partial charge in [-0.2, -0.15) is 23.4 Å². The van der Waals surface area contributed by atoms with Gasteiger partial charge in [0.2, 0.25) is 0 Å². The highest BCUT2D eigenvalue weighted by Crippen LogP contribution is 2.28. The monoisotopic (exact) mass is 374 g/mol. The van der Waals surface area contributed by atoms with Crippen molar-refractivity contribution in [2.45, 2.75) is 6.18 Å². The van der Waals surface area contributed by atoms with E-state index in [9.17, 15) is 22.8 Å². The van der Waals surface area contributed by atoms with Crippen LogP contribution in [0.25, 0.3) is 10.8 Å². The number of amides is 1. The minimum Gasteiger partial charge on any atom is -0.267 e. The highest BCUT2D eigenvalue weighted by Gasteiger charge is 2.29. The molecule has 0 unspecified atom stereocenters. The third-order valence-electron chi connectivity index (χ3n) is 3.79. The lowest BCUT2D eigenvalue weighted by atomic mass is 10.1. The zero-order valence-electron chi connectivity index (χ0n) is 14.0. The Labute approximate surface area is 150 Å². The van der Waals surface area contributed by atoms with Crippen LogP contribution in [0.5, 0.6) is 0 Å². The van der Waals surface area contributed by atoms with Gasteiger partial charge in [0.05, 0.1) is 17.2 Å². The number of carbonyl (C=O) groups is 1. The average Bonchev–Trinajstić information content (AvgIpc) is 2.64. The lowest BCUT2D eigenvalue weighted by molar-refractivity contribution is -0.137. The largest absolute Gasteiger partial charge is 0.416 e.